The number of allylic oxidation sites excluding steroid dienone is 1. The Morgan fingerprint density at radius 2 is 1.12 bits per heavy atom. The van der Waals surface area contributed by atoms with Crippen LogP contribution >= 0.6 is 7.60 Å². The molecule has 0 N–H and O–H groups in total. The predicted octanol–water partition coefficient (Wildman–Crippen LogP) is 5.30. The van der Waals surface area contributed by atoms with Gasteiger partial charge >= 0.3 is 198 Å². The Hall–Kier alpha value is -1.65. The monoisotopic (exact) mass is 556 g/mol. The normalized spacial score (nSPS) is 14.0. The van der Waals surface area contributed by atoms with Gasteiger partial charge in [0, 0.05) is 0 Å². The summed E-state index contributed by atoms with van der Waals surface area (Å²) in [5.41, 5.74) is 0. The van der Waals surface area contributed by atoms with Crippen LogP contribution in [0.1, 0.15) is 27.2 Å². The van der Waals surface area contributed by atoms with Gasteiger partial charge in [0.2, 0.25) is 0 Å². The molecule has 3 aromatic rings. The molecule has 0 spiro atoms. The standard InChI is InChI=1S/C9H18O3P.3C6H5.Sn/c1-5-8-9(4)13(10,11-6-2)12-7-3;3*1-2-4-6-5-3-1;/h5H,1,6-8H2,2-4H3;3*1-5H;. The fourth-order valence-corrected chi connectivity index (χ4v) is 29.6. The molecule has 0 aliphatic heterocycles. The minimum atomic E-state index is -4.11. The van der Waals surface area contributed by atoms with Crippen LogP contribution in [0.4, 0.5) is 0 Å². The van der Waals surface area contributed by atoms with Crippen molar-refractivity contribution in [2.45, 2.75) is 30.4 Å². The fraction of sp³-hybridized carbons (Fsp3) is 0.259. The fourth-order valence-electron chi connectivity index (χ4n) is 4.91. The zero-order valence-electron chi connectivity index (χ0n) is 19.2. The average Bonchev–Trinajstić information content (AvgIpc) is 2.82. The predicted molar refractivity (Wildman–Crippen MR) is 138 cm³/mol. The summed E-state index contributed by atoms with van der Waals surface area (Å²) >= 11 is -4.11. The molecule has 0 aliphatic carbocycles. The van der Waals surface area contributed by atoms with E-state index in [0.717, 1.165) is 0 Å². The molecule has 0 amide bonds. The molecule has 168 valence electrons. The van der Waals surface area contributed by atoms with E-state index in [1.165, 1.54) is 10.7 Å². The molecular formula is C27H33O3PSn. The summed E-state index contributed by atoms with van der Waals surface area (Å²) in [4.78, 5) is 0. The van der Waals surface area contributed by atoms with Gasteiger partial charge in [-0.3, -0.25) is 0 Å². The van der Waals surface area contributed by atoms with Gasteiger partial charge in [-0.1, -0.05) is 0 Å². The van der Waals surface area contributed by atoms with E-state index in [1.54, 1.807) is 0 Å². The van der Waals surface area contributed by atoms with Gasteiger partial charge in [-0.25, -0.2) is 0 Å². The van der Waals surface area contributed by atoms with Crippen molar-refractivity contribution in [2.24, 2.45) is 0 Å². The van der Waals surface area contributed by atoms with Gasteiger partial charge in [0.25, 0.3) is 0 Å². The third-order valence-electron chi connectivity index (χ3n) is 6.17. The van der Waals surface area contributed by atoms with Crippen molar-refractivity contribution in [1.29, 1.82) is 0 Å². The number of rotatable bonds is 11. The molecule has 0 radical (unpaired) electrons. The van der Waals surface area contributed by atoms with Crippen LogP contribution < -0.4 is 10.7 Å². The van der Waals surface area contributed by atoms with Crippen LogP contribution in [0, 0.1) is 0 Å². The van der Waals surface area contributed by atoms with Crippen molar-refractivity contribution >= 4 is 36.7 Å². The molecule has 0 aromatic heterocycles. The first-order valence-electron chi connectivity index (χ1n) is 11.2. The third-order valence-corrected chi connectivity index (χ3v) is 28.8. The molecule has 0 saturated carbocycles. The SMILES string of the molecule is C=CC[C](C)(P(=O)(OCC)OCC)[Sn]([c]1ccccc1)([c]1ccccc1)[c]1ccccc1. The Labute approximate surface area is 196 Å². The first-order chi connectivity index (χ1) is 15.5. The van der Waals surface area contributed by atoms with E-state index in [4.69, 9.17) is 9.05 Å². The van der Waals surface area contributed by atoms with Gasteiger partial charge < -0.3 is 0 Å². The van der Waals surface area contributed by atoms with Crippen LogP contribution in [0.3, 0.4) is 0 Å². The van der Waals surface area contributed by atoms with E-state index in [1.807, 2.05) is 38.1 Å². The van der Waals surface area contributed by atoms with Gasteiger partial charge in [0.1, 0.15) is 0 Å². The van der Waals surface area contributed by atoms with Crippen molar-refractivity contribution < 1.29 is 13.6 Å². The van der Waals surface area contributed by atoms with Crippen molar-refractivity contribution in [3.05, 3.63) is 104 Å². The molecule has 32 heavy (non-hydrogen) atoms. The summed E-state index contributed by atoms with van der Waals surface area (Å²) in [7, 11) is -3.55. The molecule has 5 heteroatoms. The molecule has 0 aliphatic rings. The van der Waals surface area contributed by atoms with E-state index in [-0.39, 0.29) is 0 Å². The average molecular weight is 555 g/mol. The summed E-state index contributed by atoms with van der Waals surface area (Å²) in [6, 6.07) is 31.7. The summed E-state index contributed by atoms with van der Waals surface area (Å²) in [6.07, 6.45) is 2.41. The summed E-state index contributed by atoms with van der Waals surface area (Å²) < 4.78 is 29.9. The molecule has 0 bridgehead atoms. The van der Waals surface area contributed by atoms with Crippen molar-refractivity contribution in [3.8, 4) is 0 Å². The third kappa shape index (κ3) is 4.28. The molecule has 3 rings (SSSR count). The van der Waals surface area contributed by atoms with Gasteiger partial charge in [-0.2, -0.15) is 0 Å². The van der Waals surface area contributed by atoms with Gasteiger partial charge in [0.15, 0.2) is 0 Å². The van der Waals surface area contributed by atoms with Crippen LogP contribution in [-0.2, 0) is 13.6 Å². The number of hydrogen-bond acceptors (Lipinski definition) is 3. The van der Waals surface area contributed by atoms with Crippen LogP contribution in [0.5, 0.6) is 0 Å². The first kappa shape index (κ1) is 25.0. The van der Waals surface area contributed by atoms with Gasteiger partial charge in [0.05, 0.1) is 0 Å². The number of hydrogen-bond donors (Lipinski definition) is 0. The second-order valence-corrected chi connectivity index (χ2v) is 24.0. The molecule has 0 heterocycles. The van der Waals surface area contributed by atoms with E-state index in [0.29, 0.717) is 19.6 Å². The molecule has 3 nitrogen and oxygen atoms in total. The second-order valence-electron chi connectivity index (χ2n) is 7.95. The molecule has 3 aromatic carbocycles. The summed E-state index contributed by atoms with van der Waals surface area (Å²) in [5.74, 6) is 0. The Morgan fingerprint density at radius 1 is 0.781 bits per heavy atom. The van der Waals surface area contributed by atoms with Crippen LogP contribution in [0.15, 0.2) is 104 Å². The van der Waals surface area contributed by atoms with Gasteiger partial charge in [-0.05, 0) is 0 Å². The molecule has 1 atom stereocenters. The molecule has 1 unspecified atom stereocenters. The molecular weight excluding hydrogens is 522 g/mol. The van der Waals surface area contributed by atoms with E-state index >= 15 is 0 Å². The first-order valence-corrected chi connectivity index (χ1v) is 18.4. The molecule has 0 fully saturated rings. The van der Waals surface area contributed by atoms with E-state index in [9.17, 15) is 4.57 Å². The minimum absolute atomic E-state index is 0.324. The van der Waals surface area contributed by atoms with Crippen LogP contribution in [0.25, 0.3) is 0 Å². The van der Waals surface area contributed by atoms with Crippen molar-refractivity contribution in [2.75, 3.05) is 13.2 Å². The zero-order valence-corrected chi connectivity index (χ0v) is 23.0. The van der Waals surface area contributed by atoms with Crippen molar-refractivity contribution in [1.82, 2.24) is 0 Å². The molecule has 0 saturated heterocycles. The van der Waals surface area contributed by atoms with Gasteiger partial charge in [-0.15, -0.1) is 0 Å². The van der Waals surface area contributed by atoms with Crippen LogP contribution in [0.2, 0.25) is 0 Å². The Bertz CT molecular complexity index is 934. The summed E-state index contributed by atoms with van der Waals surface area (Å²) in [6.45, 7) is 10.6. The second kappa shape index (κ2) is 11.0. The number of benzene rings is 3. The maximum atomic E-state index is 14.8. The Kier molecular flexibility index (Phi) is 8.57. The topological polar surface area (TPSA) is 35.5 Å². The van der Waals surface area contributed by atoms with Crippen molar-refractivity contribution in [3.63, 3.8) is 0 Å². The Morgan fingerprint density at radius 3 is 1.41 bits per heavy atom. The van der Waals surface area contributed by atoms with Crippen LogP contribution in [-0.4, -0.2) is 34.8 Å². The maximum absolute atomic E-state index is 14.8. The summed E-state index contributed by atoms with van der Waals surface area (Å²) in [5, 5.41) is 0. The van der Waals surface area contributed by atoms with E-state index in [2.05, 4.69) is 86.3 Å². The Balaban J connectivity index is 2.55. The quantitative estimate of drug-likeness (QED) is 0.183. The van der Waals surface area contributed by atoms with E-state index < -0.39 is 29.1 Å². The zero-order chi connectivity index (χ0) is 23.1.